The third-order valence-electron chi connectivity index (χ3n) is 4.74. The number of aliphatic imine (C=N–C) groups is 1. The molecule has 2 aromatic carbocycles. The first-order valence-corrected chi connectivity index (χ1v) is 9.97. The second-order valence-electron chi connectivity index (χ2n) is 7.02. The minimum Gasteiger partial charge on any atom is -0.496 e. The lowest BCUT2D eigenvalue weighted by atomic mass is 10.1. The highest BCUT2D eigenvalue weighted by molar-refractivity contribution is 14.0. The van der Waals surface area contributed by atoms with Crippen molar-refractivity contribution in [2.24, 2.45) is 4.99 Å². The highest BCUT2D eigenvalue weighted by Crippen LogP contribution is 2.34. The molecule has 0 radical (unpaired) electrons. The van der Waals surface area contributed by atoms with Crippen molar-refractivity contribution in [3.63, 3.8) is 0 Å². The van der Waals surface area contributed by atoms with E-state index in [4.69, 9.17) is 14.2 Å². The van der Waals surface area contributed by atoms with Crippen LogP contribution in [0.3, 0.4) is 0 Å². The quantitative estimate of drug-likeness (QED) is 0.281. The van der Waals surface area contributed by atoms with Crippen molar-refractivity contribution in [1.82, 2.24) is 15.5 Å². The number of hydrogen-bond donors (Lipinski definition) is 2. The summed E-state index contributed by atoms with van der Waals surface area (Å²) in [6.07, 6.45) is 0.759. The van der Waals surface area contributed by atoms with Gasteiger partial charge in [0, 0.05) is 51.4 Å². The molecule has 0 atom stereocenters. The Balaban J connectivity index is 0.00000512. The normalized spacial score (nSPS) is 10.6. The molecule has 0 aliphatic heterocycles. The van der Waals surface area contributed by atoms with Gasteiger partial charge in [-0.2, -0.15) is 0 Å². The summed E-state index contributed by atoms with van der Waals surface area (Å²) < 4.78 is 16.2. The Labute approximate surface area is 207 Å². The van der Waals surface area contributed by atoms with Crippen LogP contribution in [0.15, 0.2) is 41.4 Å². The fraction of sp³-hybridized carbons (Fsp3) is 0.391. The Morgan fingerprint density at radius 1 is 0.969 bits per heavy atom. The van der Waals surface area contributed by atoms with Crippen LogP contribution in [0.25, 0.3) is 0 Å². The summed E-state index contributed by atoms with van der Waals surface area (Å²) in [4.78, 5) is 18.0. The van der Waals surface area contributed by atoms with Crippen molar-refractivity contribution >= 4 is 35.8 Å². The van der Waals surface area contributed by atoms with Crippen molar-refractivity contribution in [3.05, 3.63) is 53.1 Å². The number of benzene rings is 2. The Hall–Kier alpha value is -2.69. The van der Waals surface area contributed by atoms with Crippen LogP contribution < -0.4 is 24.8 Å². The van der Waals surface area contributed by atoms with E-state index in [2.05, 4.69) is 15.6 Å². The summed E-state index contributed by atoms with van der Waals surface area (Å²) in [6.45, 7) is 1.17. The van der Waals surface area contributed by atoms with Crippen molar-refractivity contribution in [3.8, 4) is 17.2 Å². The van der Waals surface area contributed by atoms with Gasteiger partial charge in [-0.15, -0.1) is 24.0 Å². The van der Waals surface area contributed by atoms with E-state index in [-0.39, 0.29) is 29.9 Å². The van der Waals surface area contributed by atoms with Gasteiger partial charge in [0.15, 0.2) is 17.5 Å². The lowest BCUT2D eigenvalue weighted by Crippen LogP contribution is -2.38. The van der Waals surface area contributed by atoms with E-state index in [1.165, 1.54) is 0 Å². The third kappa shape index (κ3) is 7.47. The highest BCUT2D eigenvalue weighted by atomic mass is 127. The lowest BCUT2D eigenvalue weighted by Gasteiger charge is -2.16. The van der Waals surface area contributed by atoms with Gasteiger partial charge in [0.1, 0.15) is 5.75 Å². The molecule has 0 aromatic heterocycles. The van der Waals surface area contributed by atoms with E-state index < -0.39 is 0 Å². The van der Waals surface area contributed by atoms with Gasteiger partial charge in [-0.3, -0.25) is 9.79 Å². The van der Waals surface area contributed by atoms with Crippen molar-refractivity contribution in [2.75, 3.05) is 49.0 Å². The topological polar surface area (TPSA) is 84.4 Å². The van der Waals surface area contributed by atoms with E-state index in [0.29, 0.717) is 41.9 Å². The van der Waals surface area contributed by atoms with Gasteiger partial charge in [0.05, 0.1) is 21.3 Å². The molecule has 176 valence electrons. The van der Waals surface area contributed by atoms with Crippen molar-refractivity contribution in [1.29, 1.82) is 0 Å². The van der Waals surface area contributed by atoms with E-state index in [1.54, 1.807) is 53.4 Å². The first-order chi connectivity index (χ1) is 14.9. The first kappa shape index (κ1) is 27.3. The molecule has 0 saturated heterocycles. The zero-order chi connectivity index (χ0) is 22.8. The Bertz CT molecular complexity index is 919. The van der Waals surface area contributed by atoms with E-state index in [0.717, 1.165) is 17.5 Å². The molecule has 0 aliphatic rings. The Morgan fingerprint density at radius 3 is 2.22 bits per heavy atom. The van der Waals surface area contributed by atoms with Crippen LogP contribution >= 0.6 is 24.0 Å². The van der Waals surface area contributed by atoms with E-state index >= 15 is 0 Å². The number of nitrogens with one attached hydrogen (secondary N) is 2. The number of hydrogen-bond acceptors (Lipinski definition) is 5. The van der Waals surface area contributed by atoms with Gasteiger partial charge in [0.2, 0.25) is 0 Å². The van der Waals surface area contributed by atoms with Crippen LogP contribution in [0.1, 0.15) is 21.5 Å². The number of methoxy groups -OCH3 is 3. The molecule has 32 heavy (non-hydrogen) atoms. The maximum atomic E-state index is 12.1. The lowest BCUT2D eigenvalue weighted by molar-refractivity contribution is 0.0827. The number of rotatable bonds is 9. The molecule has 2 rings (SSSR count). The van der Waals surface area contributed by atoms with Crippen LogP contribution in [0, 0.1) is 0 Å². The van der Waals surface area contributed by atoms with Crippen molar-refractivity contribution in [2.45, 2.75) is 13.0 Å². The molecule has 0 spiro atoms. The van der Waals surface area contributed by atoms with E-state index in [9.17, 15) is 4.79 Å². The fourth-order valence-electron chi connectivity index (χ4n) is 3.07. The monoisotopic (exact) mass is 556 g/mol. The zero-order valence-corrected chi connectivity index (χ0v) is 21.9. The molecule has 2 aromatic rings. The minimum atomic E-state index is -0.00356. The number of carbonyl (C=O) groups excluding carboxylic acids is 1. The summed E-state index contributed by atoms with van der Waals surface area (Å²) >= 11 is 0. The predicted molar refractivity (Wildman–Crippen MR) is 138 cm³/mol. The standard InChI is InChI=1S/C23H32N4O4.HI/c1-24-23(25-11-10-16-8-7-9-17(12-16)22(28)27(2)3)26-15-18-13-20(30-5)21(31-6)14-19(18)29-4;/h7-9,12-14H,10-11,15H2,1-6H3,(H2,24,25,26);1H. The molecule has 0 fully saturated rings. The molecule has 2 N–H and O–H groups in total. The Morgan fingerprint density at radius 2 is 1.62 bits per heavy atom. The number of ether oxygens (including phenoxy) is 3. The number of amides is 1. The van der Waals surface area contributed by atoms with Crippen LogP contribution in [0.4, 0.5) is 0 Å². The van der Waals surface area contributed by atoms with Gasteiger partial charge in [0.25, 0.3) is 5.91 Å². The maximum Gasteiger partial charge on any atom is 0.253 e. The first-order valence-electron chi connectivity index (χ1n) is 9.97. The summed E-state index contributed by atoms with van der Waals surface area (Å²) in [5.41, 5.74) is 2.68. The largest absolute Gasteiger partial charge is 0.496 e. The van der Waals surface area contributed by atoms with Crippen molar-refractivity contribution < 1.29 is 19.0 Å². The molecular weight excluding hydrogens is 523 g/mol. The second kappa shape index (κ2) is 13.7. The second-order valence-corrected chi connectivity index (χ2v) is 7.02. The zero-order valence-electron chi connectivity index (χ0n) is 19.5. The molecule has 0 aliphatic carbocycles. The predicted octanol–water partition coefficient (Wildman–Crippen LogP) is 2.94. The minimum absolute atomic E-state index is 0. The number of halogens is 1. The summed E-state index contributed by atoms with van der Waals surface area (Å²) in [5.74, 6) is 2.60. The van der Waals surface area contributed by atoms with Gasteiger partial charge in [-0.1, -0.05) is 12.1 Å². The smallest absolute Gasteiger partial charge is 0.253 e. The highest BCUT2D eigenvalue weighted by Gasteiger charge is 2.12. The van der Waals surface area contributed by atoms with Gasteiger partial charge >= 0.3 is 0 Å². The average molecular weight is 556 g/mol. The average Bonchev–Trinajstić information content (AvgIpc) is 2.80. The SMILES string of the molecule is CN=C(NCCc1cccc(C(=O)N(C)C)c1)NCc1cc(OC)c(OC)cc1OC.I. The molecule has 1 amide bonds. The molecule has 0 saturated carbocycles. The van der Waals surface area contributed by atoms with Gasteiger partial charge in [-0.25, -0.2) is 0 Å². The number of guanidine groups is 1. The fourth-order valence-corrected chi connectivity index (χ4v) is 3.07. The molecule has 0 heterocycles. The Kier molecular flexibility index (Phi) is 11.7. The molecule has 0 unspecified atom stereocenters. The van der Waals surface area contributed by atoms with E-state index in [1.807, 2.05) is 30.3 Å². The maximum absolute atomic E-state index is 12.1. The summed E-state index contributed by atoms with van der Waals surface area (Å²) in [7, 11) is 10.0. The molecule has 9 heteroatoms. The van der Waals surface area contributed by atoms with Crippen LogP contribution in [0.5, 0.6) is 17.2 Å². The number of carbonyl (C=O) groups is 1. The summed E-state index contributed by atoms with van der Waals surface area (Å²) in [6, 6.07) is 11.4. The summed E-state index contributed by atoms with van der Waals surface area (Å²) in [5, 5.41) is 6.58. The third-order valence-corrected chi connectivity index (χ3v) is 4.74. The van der Waals surface area contributed by atoms with Crippen LogP contribution in [-0.2, 0) is 13.0 Å². The van der Waals surface area contributed by atoms with Crippen LogP contribution in [0.2, 0.25) is 0 Å². The van der Waals surface area contributed by atoms with Crippen LogP contribution in [-0.4, -0.2) is 65.8 Å². The van der Waals surface area contributed by atoms with Gasteiger partial charge in [-0.05, 0) is 30.2 Å². The van der Waals surface area contributed by atoms with Gasteiger partial charge < -0.3 is 29.7 Å². The molecular formula is C23H33IN4O4. The number of nitrogens with zero attached hydrogens (tertiary/aromatic N) is 2. The molecule has 0 bridgehead atoms. The molecule has 8 nitrogen and oxygen atoms in total.